The molecule has 0 unspecified atom stereocenters. The number of aromatic amines is 1. The van der Waals surface area contributed by atoms with Gasteiger partial charge in [-0.2, -0.15) is 0 Å². The van der Waals surface area contributed by atoms with E-state index in [2.05, 4.69) is 33.6 Å². The minimum Gasteiger partial charge on any atom is -0.395 e. The summed E-state index contributed by atoms with van der Waals surface area (Å²) in [5.41, 5.74) is 0.895. The van der Waals surface area contributed by atoms with E-state index < -0.39 is 29.5 Å². The van der Waals surface area contributed by atoms with Gasteiger partial charge in [-0.15, -0.1) is 8.78 Å². The Morgan fingerprint density at radius 3 is 2.58 bits per heavy atom. The number of nitrogens with one attached hydrogen (secondary N) is 2. The molecule has 2 aromatic carbocycles. The number of halogens is 3. The minimum atomic E-state index is -3.75. The number of unbranched alkanes of at least 4 members (excludes halogenated alkanes) is 1. The third-order valence-electron chi connectivity index (χ3n) is 7.62. The number of hydrogen-bond acceptors (Lipinski definition) is 5. The average molecular weight is 533 g/mol. The Labute approximate surface area is 218 Å². The summed E-state index contributed by atoms with van der Waals surface area (Å²) in [4.78, 5) is 16.5. The number of rotatable bonds is 10. The number of hydrogen-bond donors (Lipinski definition) is 4. The van der Waals surface area contributed by atoms with Crippen molar-refractivity contribution < 1.29 is 37.7 Å². The molecule has 4 N–H and O–H groups in total. The lowest BCUT2D eigenvalue weighted by atomic mass is 9.83. The van der Waals surface area contributed by atoms with Gasteiger partial charge in [-0.3, -0.25) is 4.79 Å². The molecule has 0 spiro atoms. The van der Waals surface area contributed by atoms with Crippen LogP contribution in [-0.2, 0) is 15.6 Å². The van der Waals surface area contributed by atoms with E-state index in [4.69, 9.17) is 5.11 Å². The van der Waals surface area contributed by atoms with Crippen LogP contribution in [0.3, 0.4) is 0 Å². The number of aliphatic hydroxyl groups is 2. The zero-order chi connectivity index (χ0) is 27.3. The van der Waals surface area contributed by atoms with Gasteiger partial charge in [0.2, 0.25) is 5.91 Å². The molecule has 3 aromatic rings. The standard InChI is InChI=1S/C28H31F3N2O5/c1-26(2,8-4-3-5-18(35)15-34)24-12-16-11-21(19(29)14-20(16)32-24)33-25(36)27(9-10-27)17-6-7-22-23(13-17)38-28(30,31)37-22/h6-7,11-14,18,32,34-35H,3-5,8-10,15H2,1-2H3,(H,33,36)/t18-/m1/s1. The molecular formula is C28H31F3N2O5. The van der Waals surface area contributed by atoms with E-state index in [1.165, 1.54) is 18.2 Å². The molecule has 0 radical (unpaired) electrons. The summed E-state index contributed by atoms with van der Waals surface area (Å²) < 4.78 is 50.8. The first kappa shape index (κ1) is 26.4. The maximum Gasteiger partial charge on any atom is 0.586 e. The number of carbonyl (C=O) groups excluding carboxylic acids is 1. The molecule has 2 heterocycles. The summed E-state index contributed by atoms with van der Waals surface area (Å²) in [6.07, 6.45) is -0.453. The molecule has 204 valence electrons. The molecule has 1 fully saturated rings. The van der Waals surface area contributed by atoms with Crippen LogP contribution in [0.5, 0.6) is 11.5 Å². The van der Waals surface area contributed by atoms with Crippen molar-refractivity contribution in [2.75, 3.05) is 11.9 Å². The van der Waals surface area contributed by atoms with Crippen molar-refractivity contribution in [1.82, 2.24) is 4.98 Å². The molecule has 0 saturated heterocycles. The Bertz CT molecular complexity index is 1370. The second-order valence-electron chi connectivity index (χ2n) is 10.9. The molecule has 0 bridgehead atoms. The second-order valence-corrected chi connectivity index (χ2v) is 10.9. The van der Waals surface area contributed by atoms with Crippen molar-refractivity contribution in [1.29, 1.82) is 0 Å². The van der Waals surface area contributed by atoms with Crippen molar-refractivity contribution in [2.24, 2.45) is 0 Å². The summed E-state index contributed by atoms with van der Waals surface area (Å²) in [6, 6.07) is 9.17. The minimum absolute atomic E-state index is 0.0439. The quantitative estimate of drug-likeness (QED) is 0.259. The van der Waals surface area contributed by atoms with Crippen molar-refractivity contribution >= 4 is 22.5 Å². The van der Waals surface area contributed by atoms with Crippen LogP contribution in [0, 0.1) is 5.82 Å². The van der Waals surface area contributed by atoms with Crippen LogP contribution in [0.25, 0.3) is 10.9 Å². The number of carbonyl (C=O) groups is 1. The highest BCUT2D eigenvalue weighted by atomic mass is 19.3. The van der Waals surface area contributed by atoms with Crippen molar-refractivity contribution in [3.05, 3.63) is 53.5 Å². The largest absolute Gasteiger partial charge is 0.586 e. The summed E-state index contributed by atoms with van der Waals surface area (Å²) >= 11 is 0. The Morgan fingerprint density at radius 1 is 1.13 bits per heavy atom. The normalized spacial score (nSPS) is 18.0. The smallest absolute Gasteiger partial charge is 0.395 e. The summed E-state index contributed by atoms with van der Waals surface area (Å²) in [6.45, 7) is 3.92. The van der Waals surface area contributed by atoms with E-state index >= 15 is 4.39 Å². The highest BCUT2D eigenvalue weighted by Crippen LogP contribution is 2.52. The monoisotopic (exact) mass is 532 g/mol. The molecule has 10 heteroatoms. The molecule has 2 aliphatic rings. The maximum absolute atomic E-state index is 15.0. The predicted octanol–water partition coefficient (Wildman–Crippen LogP) is 5.49. The number of amides is 1. The topological polar surface area (TPSA) is 104 Å². The lowest BCUT2D eigenvalue weighted by molar-refractivity contribution is -0.286. The molecule has 1 atom stereocenters. The highest BCUT2D eigenvalue weighted by Gasteiger charge is 2.53. The zero-order valence-electron chi connectivity index (χ0n) is 21.2. The third kappa shape index (κ3) is 5.07. The van der Waals surface area contributed by atoms with Gasteiger partial charge in [0.25, 0.3) is 0 Å². The number of benzene rings is 2. The van der Waals surface area contributed by atoms with Crippen LogP contribution in [-0.4, -0.2) is 40.1 Å². The van der Waals surface area contributed by atoms with E-state index in [9.17, 15) is 18.7 Å². The van der Waals surface area contributed by atoms with E-state index in [0.29, 0.717) is 30.3 Å². The second kappa shape index (κ2) is 9.50. The average Bonchev–Trinajstić information content (AvgIpc) is 3.47. The van der Waals surface area contributed by atoms with Gasteiger partial charge >= 0.3 is 6.29 Å². The number of fused-ring (bicyclic) bond motifs is 2. The van der Waals surface area contributed by atoms with Gasteiger partial charge in [-0.25, -0.2) is 4.39 Å². The lowest BCUT2D eigenvalue weighted by Gasteiger charge is -2.23. The first-order valence-electron chi connectivity index (χ1n) is 12.8. The van der Waals surface area contributed by atoms with Crippen LogP contribution < -0.4 is 14.8 Å². The van der Waals surface area contributed by atoms with Gasteiger partial charge in [0.15, 0.2) is 11.5 Å². The van der Waals surface area contributed by atoms with Crippen LogP contribution in [0.2, 0.25) is 0 Å². The summed E-state index contributed by atoms with van der Waals surface area (Å²) in [5, 5.41) is 21.9. The first-order chi connectivity index (χ1) is 17.9. The molecule has 1 aliphatic carbocycles. The SMILES string of the molecule is CC(C)(CCCC[C@@H](O)CO)c1cc2cc(NC(=O)C3(c4ccc5c(c4)OC(F)(F)O5)CC3)c(F)cc2[nH]1. The van der Waals surface area contributed by atoms with E-state index in [0.717, 1.165) is 30.3 Å². The fourth-order valence-corrected chi connectivity index (χ4v) is 5.05. The third-order valence-corrected chi connectivity index (χ3v) is 7.62. The van der Waals surface area contributed by atoms with Crippen LogP contribution >= 0.6 is 0 Å². The summed E-state index contributed by atoms with van der Waals surface area (Å²) in [7, 11) is 0. The fourth-order valence-electron chi connectivity index (χ4n) is 5.05. The van der Waals surface area contributed by atoms with E-state index in [1.54, 1.807) is 12.1 Å². The van der Waals surface area contributed by atoms with Crippen LogP contribution in [0.15, 0.2) is 36.4 Å². The van der Waals surface area contributed by atoms with Gasteiger partial charge < -0.3 is 30.0 Å². The highest BCUT2D eigenvalue weighted by molar-refractivity contribution is 6.02. The number of H-pyrrole nitrogens is 1. The maximum atomic E-state index is 15.0. The first-order valence-corrected chi connectivity index (χ1v) is 12.8. The van der Waals surface area contributed by atoms with E-state index in [1.807, 2.05) is 6.07 Å². The molecule has 1 amide bonds. The van der Waals surface area contributed by atoms with Crippen LogP contribution in [0.4, 0.5) is 18.9 Å². The molecule has 5 rings (SSSR count). The molecule has 7 nitrogen and oxygen atoms in total. The number of ether oxygens (including phenoxy) is 2. The van der Waals surface area contributed by atoms with E-state index in [-0.39, 0.29) is 29.2 Å². The number of alkyl halides is 2. The van der Waals surface area contributed by atoms with Crippen LogP contribution in [0.1, 0.15) is 63.6 Å². The van der Waals surface area contributed by atoms with Gasteiger partial charge in [-0.05, 0) is 55.5 Å². The molecule has 1 aliphatic heterocycles. The van der Waals surface area contributed by atoms with Gasteiger partial charge in [-0.1, -0.05) is 32.8 Å². The Balaban J connectivity index is 1.30. The molecular weight excluding hydrogens is 501 g/mol. The Morgan fingerprint density at radius 2 is 1.87 bits per heavy atom. The van der Waals surface area contributed by atoms with Crippen molar-refractivity contribution in [2.45, 2.75) is 75.6 Å². The molecule has 1 saturated carbocycles. The van der Waals surface area contributed by atoms with Gasteiger partial charge in [0.1, 0.15) is 5.82 Å². The molecule has 1 aromatic heterocycles. The van der Waals surface area contributed by atoms with Gasteiger partial charge in [0.05, 0.1) is 23.8 Å². The van der Waals surface area contributed by atoms with Crippen molar-refractivity contribution in [3.8, 4) is 11.5 Å². The fraction of sp³-hybridized carbons (Fsp3) is 0.464. The predicted molar refractivity (Wildman–Crippen MR) is 135 cm³/mol. The lowest BCUT2D eigenvalue weighted by Crippen LogP contribution is -2.28. The Kier molecular flexibility index (Phi) is 6.59. The zero-order valence-corrected chi connectivity index (χ0v) is 21.2. The molecule has 38 heavy (non-hydrogen) atoms. The van der Waals surface area contributed by atoms with Gasteiger partial charge in [0, 0.05) is 28.1 Å². The number of aliphatic hydroxyl groups excluding tert-OH is 2. The Hall–Kier alpha value is -3.24. The number of aromatic nitrogens is 1. The summed E-state index contributed by atoms with van der Waals surface area (Å²) in [5.74, 6) is -1.23. The number of anilines is 1. The van der Waals surface area contributed by atoms with Crippen molar-refractivity contribution in [3.63, 3.8) is 0 Å².